The highest BCUT2D eigenvalue weighted by molar-refractivity contribution is 4.82. The van der Waals surface area contributed by atoms with Crippen LogP contribution in [0.3, 0.4) is 0 Å². The minimum atomic E-state index is -0.569. The van der Waals surface area contributed by atoms with Gasteiger partial charge in [-0.2, -0.15) is 0 Å². The highest BCUT2D eigenvalue weighted by Crippen LogP contribution is 2.24. The lowest BCUT2D eigenvalue weighted by Gasteiger charge is -2.20. The SMILES string of the molecule is CN(C)[C@@H]1CCC[C@H]1F. The summed E-state index contributed by atoms with van der Waals surface area (Å²) in [5, 5.41) is 0. The summed E-state index contributed by atoms with van der Waals surface area (Å²) in [7, 11) is 3.89. The molecule has 2 heteroatoms. The predicted molar refractivity (Wildman–Crippen MR) is 36.2 cm³/mol. The Hall–Kier alpha value is -0.110. The van der Waals surface area contributed by atoms with Gasteiger partial charge < -0.3 is 4.90 Å². The van der Waals surface area contributed by atoms with E-state index in [1.165, 1.54) is 0 Å². The van der Waals surface area contributed by atoms with Gasteiger partial charge in [-0.1, -0.05) is 0 Å². The van der Waals surface area contributed by atoms with Crippen molar-refractivity contribution >= 4 is 0 Å². The van der Waals surface area contributed by atoms with Crippen molar-refractivity contribution in [1.82, 2.24) is 4.90 Å². The third-order valence-electron chi connectivity index (χ3n) is 2.06. The lowest BCUT2D eigenvalue weighted by molar-refractivity contribution is 0.186. The Labute approximate surface area is 55.8 Å². The van der Waals surface area contributed by atoms with E-state index in [0.717, 1.165) is 19.3 Å². The maximum Gasteiger partial charge on any atom is 0.116 e. The zero-order chi connectivity index (χ0) is 6.85. The van der Waals surface area contributed by atoms with Crippen LogP contribution in [-0.4, -0.2) is 31.2 Å². The van der Waals surface area contributed by atoms with E-state index in [2.05, 4.69) is 0 Å². The van der Waals surface area contributed by atoms with E-state index in [0.29, 0.717) is 0 Å². The Morgan fingerprint density at radius 2 is 2.00 bits per heavy atom. The van der Waals surface area contributed by atoms with Gasteiger partial charge in [0.15, 0.2) is 0 Å². The monoisotopic (exact) mass is 131 g/mol. The van der Waals surface area contributed by atoms with Gasteiger partial charge in [-0.25, -0.2) is 4.39 Å². The van der Waals surface area contributed by atoms with Crippen LogP contribution < -0.4 is 0 Å². The number of rotatable bonds is 1. The molecule has 1 aliphatic carbocycles. The molecule has 0 aromatic heterocycles. The second-order valence-corrected chi connectivity index (χ2v) is 2.98. The summed E-state index contributed by atoms with van der Waals surface area (Å²) < 4.78 is 12.8. The first kappa shape index (κ1) is 7.00. The van der Waals surface area contributed by atoms with Crippen LogP contribution in [-0.2, 0) is 0 Å². The molecule has 2 atom stereocenters. The Kier molecular flexibility index (Phi) is 2.06. The van der Waals surface area contributed by atoms with Gasteiger partial charge in [0.1, 0.15) is 6.17 Å². The van der Waals surface area contributed by atoms with Crippen molar-refractivity contribution in [3.8, 4) is 0 Å². The summed E-state index contributed by atoms with van der Waals surface area (Å²) in [4.78, 5) is 1.98. The van der Waals surface area contributed by atoms with Gasteiger partial charge in [0.2, 0.25) is 0 Å². The van der Waals surface area contributed by atoms with E-state index in [4.69, 9.17) is 0 Å². The number of nitrogens with zero attached hydrogens (tertiary/aromatic N) is 1. The highest BCUT2D eigenvalue weighted by Gasteiger charge is 2.27. The van der Waals surface area contributed by atoms with Crippen LogP contribution in [0.1, 0.15) is 19.3 Å². The third-order valence-corrected chi connectivity index (χ3v) is 2.06. The van der Waals surface area contributed by atoms with E-state index in [1.807, 2.05) is 19.0 Å². The van der Waals surface area contributed by atoms with E-state index in [-0.39, 0.29) is 6.04 Å². The molecule has 0 N–H and O–H groups in total. The topological polar surface area (TPSA) is 3.24 Å². The van der Waals surface area contributed by atoms with Crippen LogP contribution in [0.4, 0.5) is 4.39 Å². The molecule has 1 saturated carbocycles. The Morgan fingerprint density at radius 1 is 1.33 bits per heavy atom. The fourth-order valence-electron chi connectivity index (χ4n) is 1.48. The molecule has 0 unspecified atom stereocenters. The number of hydrogen-bond acceptors (Lipinski definition) is 1. The predicted octanol–water partition coefficient (Wildman–Crippen LogP) is 1.44. The molecule has 1 fully saturated rings. The molecule has 0 spiro atoms. The third kappa shape index (κ3) is 1.42. The van der Waals surface area contributed by atoms with E-state index in [1.54, 1.807) is 0 Å². The van der Waals surface area contributed by atoms with Crippen LogP contribution in [0.5, 0.6) is 0 Å². The van der Waals surface area contributed by atoms with Gasteiger partial charge in [0.05, 0.1) is 0 Å². The lowest BCUT2D eigenvalue weighted by atomic mass is 10.2. The van der Waals surface area contributed by atoms with E-state index in [9.17, 15) is 4.39 Å². The molecule has 54 valence electrons. The fourth-order valence-corrected chi connectivity index (χ4v) is 1.48. The van der Waals surface area contributed by atoms with Crippen molar-refractivity contribution in [1.29, 1.82) is 0 Å². The van der Waals surface area contributed by atoms with E-state index >= 15 is 0 Å². The molecule has 1 rings (SSSR count). The molecule has 9 heavy (non-hydrogen) atoms. The second-order valence-electron chi connectivity index (χ2n) is 2.98. The van der Waals surface area contributed by atoms with Crippen LogP contribution >= 0.6 is 0 Å². The average Bonchev–Trinajstić information content (AvgIpc) is 2.13. The van der Waals surface area contributed by atoms with Crippen molar-refractivity contribution in [2.45, 2.75) is 31.5 Å². The minimum Gasteiger partial charge on any atom is -0.304 e. The molecule has 0 heterocycles. The van der Waals surface area contributed by atoms with Crippen molar-refractivity contribution < 1.29 is 4.39 Å². The van der Waals surface area contributed by atoms with Crippen molar-refractivity contribution in [3.63, 3.8) is 0 Å². The average molecular weight is 131 g/mol. The van der Waals surface area contributed by atoms with Gasteiger partial charge in [-0.15, -0.1) is 0 Å². The fraction of sp³-hybridized carbons (Fsp3) is 1.00. The van der Waals surface area contributed by atoms with Crippen molar-refractivity contribution in [2.75, 3.05) is 14.1 Å². The second kappa shape index (κ2) is 2.65. The summed E-state index contributed by atoms with van der Waals surface area (Å²) in [6.45, 7) is 0. The quantitative estimate of drug-likeness (QED) is 0.520. The molecular weight excluding hydrogens is 117 g/mol. The maximum atomic E-state index is 12.8. The summed E-state index contributed by atoms with van der Waals surface area (Å²) in [5.41, 5.74) is 0. The minimum absolute atomic E-state index is 0.199. The van der Waals surface area contributed by atoms with Crippen LogP contribution in [0.25, 0.3) is 0 Å². The largest absolute Gasteiger partial charge is 0.304 e. The molecule has 0 radical (unpaired) electrons. The van der Waals surface area contributed by atoms with Gasteiger partial charge >= 0.3 is 0 Å². The Morgan fingerprint density at radius 3 is 2.22 bits per heavy atom. The molecule has 1 nitrogen and oxygen atoms in total. The summed E-state index contributed by atoms with van der Waals surface area (Å²) >= 11 is 0. The number of hydrogen-bond donors (Lipinski definition) is 0. The van der Waals surface area contributed by atoms with Gasteiger partial charge in [-0.3, -0.25) is 0 Å². The zero-order valence-corrected chi connectivity index (χ0v) is 6.10. The molecule has 0 aromatic rings. The zero-order valence-electron chi connectivity index (χ0n) is 6.10. The van der Waals surface area contributed by atoms with Gasteiger partial charge in [-0.05, 0) is 33.4 Å². The molecule has 0 aromatic carbocycles. The van der Waals surface area contributed by atoms with Crippen LogP contribution in [0, 0.1) is 0 Å². The van der Waals surface area contributed by atoms with E-state index < -0.39 is 6.17 Å². The molecule has 1 aliphatic rings. The smallest absolute Gasteiger partial charge is 0.116 e. The number of halogens is 1. The molecule has 0 amide bonds. The van der Waals surface area contributed by atoms with Crippen LogP contribution in [0.2, 0.25) is 0 Å². The first-order valence-electron chi connectivity index (χ1n) is 3.52. The molecule has 0 bridgehead atoms. The Balaban J connectivity index is 2.40. The van der Waals surface area contributed by atoms with Gasteiger partial charge in [0.25, 0.3) is 0 Å². The summed E-state index contributed by atoms with van der Waals surface area (Å²) in [5.74, 6) is 0. The maximum absolute atomic E-state index is 12.8. The Bertz CT molecular complexity index is 92.9. The molecular formula is C7H14FN. The van der Waals surface area contributed by atoms with Gasteiger partial charge in [0, 0.05) is 6.04 Å². The summed E-state index contributed by atoms with van der Waals surface area (Å²) in [6.07, 6.45) is 2.29. The first-order valence-corrected chi connectivity index (χ1v) is 3.52. The standard InChI is InChI=1S/C7H14FN/c1-9(2)7-5-3-4-6(7)8/h6-7H,3-5H2,1-2H3/t6-,7-/m1/s1. The number of alkyl halides is 1. The van der Waals surface area contributed by atoms with Crippen molar-refractivity contribution in [3.05, 3.63) is 0 Å². The highest BCUT2D eigenvalue weighted by atomic mass is 19.1. The summed E-state index contributed by atoms with van der Waals surface area (Å²) in [6, 6.07) is 0.199. The van der Waals surface area contributed by atoms with Crippen molar-refractivity contribution in [2.24, 2.45) is 0 Å². The first-order chi connectivity index (χ1) is 4.22. The molecule has 0 saturated heterocycles. The van der Waals surface area contributed by atoms with Crippen LogP contribution in [0.15, 0.2) is 0 Å². The molecule has 0 aliphatic heterocycles. The normalized spacial score (nSPS) is 36.0. The lowest BCUT2D eigenvalue weighted by Crippen LogP contribution is -2.32.